The predicted molar refractivity (Wildman–Crippen MR) is 279 cm³/mol. The van der Waals surface area contributed by atoms with E-state index in [9.17, 15) is 0 Å². The van der Waals surface area contributed by atoms with Crippen LogP contribution < -0.4 is 19.1 Å². The summed E-state index contributed by atoms with van der Waals surface area (Å²) < 4.78 is 19.6. The minimum absolute atomic E-state index is 0.461. The molecule has 0 amide bonds. The van der Waals surface area contributed by atoms with Gasteiger partial charge in [-0.2, -0.15) is 0 Å². The summed E-state index contributed by atoms with van der Waals surface area (Å²) in [5.74, 6) is 2.58. The highest BCUT2D eigenvalue weighted by atomic mass is 16.5. The van der Waals surface area contributed by atoms with Crippen molar-refractivity contribution in [2.75, 3.05) is 19.0 Å². The van der Waals surface area contributed by atoms with Crippen LogP contribution in [0.2, 0.25) is 0 Å². The first-order valence-electron chi connectivity index (χ1n) is 23.2. The van der Waals surface area contributed by atoms with Gasteiger partial charge in [0.1, 0.15) is 37.1 Å². The summed E-state index contributed by atoms with van der Waals surface area (Å²) in [5.41, 5.74) is 9.45. The van der Waals surface area contributed by atoms with Crippen LogP contribution in [0.4, 0.5) is 5.69 Å². The van der Waals surface area contributed by atoms with Gasteiger partial charge in [-0.05, 0) is 153 Å². The van der Waals surface area contributed by atoms with E-state index in [1.54, 1.807) is 0 Å². The lowest BCUT2D eigenvalue weighted by Crippen LogP contribution is -2.08. The quantitative estimate of drug-likeness (QED) is 0.102. The van der Waals surface area contributed by atoms with Gasteiger partial charge >= 0.3 is 0 Å². The number of benzene rings is 12. The Bertz CT molecular complexity index is 3510. The van der Waals surface area contributed by atoms with E-state index in [-0.39, 0.29) is 0 Å². The number of hydrogen-bond acceptors (Lipinski definition) is 4. The molecule has 4 nitrogen and oxygen atoms in total. The first-order valence-corrected chi connectivity index (χ1v) is 23.2. The summed E-state index contributed by atoms with van der Waals surface area (Å²) in [5, 5.41) is 15.4. The standard InChI is InChI=1S/C63H49NO3/c1-64(2)54-14-7-17-57(37-54)65-38-45-33-43(30-41-8-3-15-55(35-41)66-39-52-24-22-50-20-18-46-10-5-12-48-26-28-58(52)62(50)60(46)48)32-44(34-45)31-42-9-4-16-56(36-42)67-40-53-25-23-51-21-19-47-11-6-13-49-27-29-59(53)63(51)61(47)49/h3-29,32-37H,30-31,38-40H2,1-2H3. The summed E-state index contributed by atoms with van der Waals surface area (Å²) in [6.45, 7) is 1.44. The van der Waals surface area contributed by atoms with Gasteiger partial charge in [0.15, 0.2) is 0 Å². The van der Waals surface area contributed by atoms with Crippen LogP contribution in [0.1, 0.15) is 38.9 Å². The first-order chi connectivity index (χ1) is 33.0. The Morgan fingerprint density at radius 1 is 0.313 bits per heavy atom. The molecular weight excluding hydrogens is 819 g/mol. The minimum Gasteiger partial charge on any atom is -0.489 e. The van der Waals surface area contributed by atoms with Crippen molar-refractivity contribution in [3.05, 3.63) is 239 Å². The molecule has 67 heavy (non-hydrogen) atoms. The second kappa shape index (κ2) is 17.0. The number of nitrogens with zero attached hydrogens (tertiary/aromatic N) is 1. The third-order valence-corrected chi connectivity index (χ3v) is 13.5. The van der Waals surface area contributed by atoms with Crippen LogP contribution in [0, 0.1) is 0 Å². The van der Waals surface area contributed by atoms with E-state index in [1.165, 1.54) is 98.0 Å². The number of ether oxygens (including phenoxy) is 3. The molecule has 12 aromatic carbocycles. The highest BCUT2D eigenvalue weighted by molar-refractivity contribution is 6.24. The van der Waals surface area contributed by atoms with E-state index in [4.69, 9.17) is 14.2 Å². The van der Waals surface area contributed by atoms with Gasteiger partial charge in [-0.25, -0.2) is 0 Å². The van der Waals surface area contributed by atoms with Gasteiger partial charge in [-0.3, -0.25) is 0 Å². The lowest BCUT2D eigenvalue weighted by Gasteiger charge is -2.16. The molecule has 0 aliphatic heterocycles. The predicted octanol–water partition coefficient (Wildman–Crippen LogP) is 15.5. The van der Waals surface area contributed by atoms with Gasteiger partial charge in [-0.1, -0.05) is 158 Å². The van der Waals surface area contributed by atoms with E-state index in [1.807, 2.05) is 12.1 Å². The number of hydrogen-bond donors (Lipinski definition) is 0. The van der Waals surface area contributed by atoms with E-state index >= 15 is 0 Å². The van der Waals surface area contributed by atoms with E-state index in [0.29, 0.717) is 19.8 Å². The molecule has 0 fully saturated rings. The van der Waals surface area contributed by atoms with Crippen LogP contribution in [0.5, 0.6) is 17.2 Å². The Morgan fingerprint density at radius 2 is 0.701 bits per heavy atom. The zero-order valence-corrected chi connectivity index (χ0v) is 37.8. The number of rotatable bonds is 14. The van der Waals surface area contributed by atoms with E-state index in [0.717, 1.165) is 41.3 Å². The maximum atomic E-state index is 6.57. The van der Waals surface area contributed by atoms with Crippen LogP contribution in [0.15, 0.2) is 200 Å². The van der Waals surface area contributed by atoms with Gasteiger partial charge in [0.2, 0.25) is 0 Å². The monoisotopic (exact) mass is 867 g/mol. The van der Waals surface area contributed by atoms with E-state index in [2.05, 4.69) is 207 Å². The van der Waals surface area contributed by atoms with Crippen molar-refractivity contribution in [2.24, 2.45) is 0 Å². The fourth-order valence-electron chi connectivity index (χ4n) is 10.3. The van der Waals surface area contributed by atoms with Crippen LogP contribution in [0.25, 0.3) is 64.6 Å². The van der Waals surface area contributed by atoms with Gasteiger partial charge in [0.25, 0.3) is 0 Å². The Kier molecular flexibility index (Phi) is 10.3. The Hall–Kier alpha value is -8.08. The van der Waals surface area contributed by atoms with Crippen molar-refractivity contribution in [3.8, 4) is 17.2 Å². The summed E-state index contributed by atoms with van der Waals surface area (Å²) in [4.78, 5) is 2.10. The molecule has 0 radical (unpaired) electrons. The van der Waals surface area contributed by atoms with Crippen molar-refractivity contribution in [1.29, 1.82) is 0 Å². The normalized spacial score (nSPS) is 11.7. The average Bonchev–Trinajstić information content (AvgIpc) is 3.36. The van der Waals surface area contributed by atoms with Crippen molar-refractivity contribution in [3.63, 3.8) is 0 Å². The molecule has 0 bridgehead atoms. The zero-order valence-electron chi connectivity index (χ0n) is 37.8. The van der Waals surface area contributed by atoms with Crippen LogP contribution in [-0.2, 0) is 32.7 Å². The number of anilines is 1. The second-order valence-corrected chi connectivity index (χ2v) is 18.2. The highest BCUT2D eigenvalue weighted by Gasteiger charge is 2.14. The van der Waals surface area contributed by atoms with Gasteiger partial charge in [-0.15, -0.1) is 0 Å². The molecule has 0 saturated heterocycles. The smallest absolute Gasteiger partial charge is 0.121 e. The molecule has 12 rings (SSSR count). The third-order valence-electron chi connectivity index (χ3n) is 13.5. The molecule has 0 atom stereocenters. The van der Waals surface area contributed by atoms with Crippen molar-refractivity contribution in [2.45, 2.75) is 32.7 Å². The largest absolute Gasteiger partial charge is 0.489 e. The molecule has 0 aliphatic carbocycles. The van der Waals surface area contributed by atoms with Crippen LogP contribution >= 0.6 is 0 Å². The Balaban J connectivity index is 0.794. The summed E-state index contributed by atoms with van der Waals surface area (Å²) in [7, 11) is 4.10. The maximum Gasteiger partial charge on any atom is 0.121 e. The molecule has 0 N–H and O–H groups in total. The minimum atomic E-state index is 0.461. The lowest BCUT2D eigenvalue weighted by atomic mass is 9.92. The lowest BCUT2D eigenvalue weighted by molar-refractivity contribution is 0.306. The second-order valence-electron chi connectivity index (χ2n) is 18.2. The van der Waals surface area contributed by atoms with Crippen molar-refractivity contribution >= 4 is 70.3 Å². The summed E-state index contributed by atoms with van der Waals surface area (Å²) >= 11 is 0. The highest BCUT2D eigenvalue weighted by Crippen LogP contribution is 2.38. The van der Waals surface area contributed by atoms with Crippen molar-refractivity contribution < 1.29 is 14.2 Å². The summed E-state index contributed by atoms with van der Waals surface area (Å²) in [6.07, 6.45) is 1.52. The third kappa shape index (κ3) is 7.95. The fourth-order valence-corrected chi connectivity index (χ4v) is 10.3. The average molecular weight is 868 g/mol. The molecule has 0 aliphatic rings. The molecule has 0 saturated carbocycles. The molecule has 0 aromatic heterocycles. The van der Waals surface area contributed by atoms with Crippen LogP contribution in [-0.4, -0.2) is 14.1 Å². The Labute approximate surface area is 390 Å². The first kappa shape index (κ1) is 40.4. The topological polar surface area (TPSA) is 30.9 Å². The van der Waals surface area contributed by atoms with Gasteiger partial charge in [0.05, 0.1) is 0 Å². The SMILES string of the molecule is CN(C)c1cccc(OCc2cc(Cc3cccc(OCc4ccc5ccc6cccc7ccc4c5c67)c3)cc(Cc3cccc(OCc4ccc5ccc6cccc7ccc4c5c67)c3)c2)c1. The molecular formula is C63H49NO3. The summed E-state index contributed by atoms with van der Waals surface area (Å²) in [6, 6.07) is 72.2. The Morgan fingerprint density at radius 3 is 1.19 bits per heavy atom. The molecule has 12 aromatic rings. The zero-order chi connectivity index (χ0) is 44.8. The van der Waals surface area contributed by atoms with Gasteiger partial charge in [0, 0.05) is 25.8 Å². The van der Waals surface area contributed by atoms with Gasteiger partial charge < -0.3 is 19.1 Å². The maximum absolute atomic E-state index is 6.57. The van der Waals surface area contributed by atoms with Crippen LogP contribution in [0.3, 0.4) is 0 Å². The molecule has 0 spiro atoms. The fraction of sp³-hybridized carbons (Fsp3) is 0.111. The van der Waals surface area contributed by atoms with E-state index < -0.39 is 0 Å². The molecule has 4 heteroatoms. The van der Waals surface area contributed by atoms with Crippen molar-refractivity contribution in [1.82, 2.24) is 0 Å². The molecule has 0 unspecified atom stereocenters. The molecule has 0 heterocycles. The molecule has 324 valence electrons.